The summed E-state index contributed by atoms with van der Waals surface area (Å²) in [6.07, 6.45) is 0. The average molecular weight is 400 g/mol. The molecule has 0 aliphatic rings. The first kappa shape index (κ1) is 19.0. The Hall–Kier alpha value is -2.75. The lowest BCUT2D eigenvalue weighted by atomic mass is 10.2. The second-order valence-corrected chi connectivity index (χ2v) is 5.98. The summed E-state index contributed by atoms with van der Waals surface area (Å²) in [5, 5.41) is 7.98. The van der Waals surface area contributed by atoms with Crippen molar-refractivity contribution in [3.63, 3.8) is 0 Å². The van der Waals surface area contributed by atoms with Gasteiger partial charge in [0, 0.05) is 16.9 Å². The molecule has 10 heteroatoms. The smallest absolute Gasteiger partial charge is 0.387 e. The van der Waals surface area contributed by atoms with Gasteiger partial charge in [-0.2, -0.15) is 17.6 Å². The number of alkyl halides is 4. The molecular weight excluding hydrogens is 388 g/mol. The lowest BCUT2D eigenvalue weighted by Crippen LogP contribution is -2.03. The molecule has 0 spiro atoms. The van der Waals surface area contributed by atoms with Crippen LogP contribution in [0.4, 0.5) is 17.6 Å². The molecule has 0 N–H and O–H groups in total. The molecule has 142 valence electrons. The largest absolute Gasteiger partial charge is 0.435 e. The van der Waals surface area contributed by atoms with Crippen molar-refractivity contribution < 1.29 is 31.5 Å². The van der Waals surface area contributed by atoms with Crippen molar-refractivity contribution in [2.75, 3.05) is 0 Å². The Morgan fingerprint density at radius 2 is 1.59 bits per heavy atom. The monoisotopic (exact) mass is 400 g/mol. The second kappa shape index (κ2) is 8.76. The van der Waals surface area contributed by atoms with Crippen LogP contribution in [0.25, 0.3) is 11.5 Å². The minimum atomic E-state index is -2.91. The van der Waals surface area contributed by atoms with Crippen LogP contribution in [0.5, 0.6) is 11.5 Å². The quantitative estimate of drug-likeness (QED) is 0.381. The van der Waals surface area contributed by atoms with Crippen molar-refractivity contribution in [1.29, 1.82) is 0 Å². The number of thioether (sulfide) groups is 1. The Morgan fingerprint density at radius 3 is 2.30 bits per heavy atom. The van der Waals surface area contributed by atoms with Crippen molar-refractivity contribution in [2.45, 2.75) is 24.2 Å². The fraction of sp³-hybridized carbons (Fsp3) is 0.176. The lowest BCUT2D eigenvalue weighted by Gasteiger charge is -2.09. The van der Waals surface area contributed by atoms with Crippen LogP contribution in [0.3, 0.4) is 0 Å². The molecule has 0 radical (unpaired) electrons. The number of rotatable bonds is 8. The summed E-state index contributed by atoms with van der Waals surface area (Å²) < 4.78 is 63.4. The second-order valence-electron chi connectivity index (χ2n) is 5.05. The van der Waals surface area contributed by atoms with Gasteiger partial charge >= 0.3 is 13.2 Å². The van der Waals surface area contributed by atoms with Crippen molar-refractivity contribution in [2.24, 2.45) is 0 Å². The summed E-state index contributed by atoms with van der Waals surface area (Å²) in [5.41, 5.74) is 1.08. The molecule has 0 amide bonds. The predicted octanol–water partition coefficient (Wildman–Crippen LogP) is 5.23. The number of hydrogen-bond donors (Lipinski definition) is 0. The highest BCUT2D eigenvalue weighted by molar-refractivity contribution is 7.98. The summed E-state index contributed by atoms with van der Waals surface area (Å²) in [5.74, 6) is 0.567. The van der Waals surface area contributed by atoms with E-state index in [-0.39, 0.29) is 28.4 Å². The first-order valence-corrected chi connectivity index (χ1v) is 8.54. The fourth-order valence-electron chi connectivity index (χ4n) is 2.14. The summed E-state index contributed by atoms with van der Waals surface area (Å²) in [4.78, 5) is 0. The SMILES string of the molecule is FC(F)Oc1ccc(-c2nnc(SCc3ccccc3OC(F)F)o2)cc1. The van der Waals surface area contributed by atoms with Gasteiger partial charge in [-0.1, -0.05) is 30.0 Å². The molecule has 2 aromatic carbocycles. The normalized spacial score (nSPS) is 11.2. The van der Waals surface area contributed by atoms with E-state index in [4.69, 9.17) is 4.42 Å². The summed E-state index contributed by atoms with van der Waals surface area (Å²) in [7, 11) is 0. The molecule has 0 aliphatic carbocycles. The van der Waals surface area contributed by atoms with Gasteiger partial charge in [0.05, 0.1) is 0 Å². The van der Waals surface area contributed by atoms with Gasteiger partial charge in [-0.25, -0.2) is 0 Å². The number of para-hydroxylation sites is 1. The van der Waals surface area contributed by atoms with Crippen molar-refractivity contribution >= 4 is 11.8 Å². The third-order valence-electron chi connectivity index (χ3n) is 3.27. The molecule has 0 atom stereocenters. The molecule has 0 fully saturated rings. The van der Waals surface area contributed by atoms with Crippen LogP contribution < -0.4 is 9.47 Å². The van der Waals surface area contributed by atoms with E-state index in [1.165, 1.54) is 30.3 Å². The highest BCUT2D eigenvalue weighted by atomic mass is 32.2. The van der Waals surface area contributed by atoms with E-state index < -0.39 is 13.2 Å². The topological polar surface area (TPSA) is 57.4 Å². The van der Waals surface area contributed by atoms with Gasteiger partial charge in [0.25, 0.3) is 5.22 Å². The Bertz CT molecular complexity index is 875. The Morgan fingerprint density at radius 1 is 0.889 bits per heavy atom. The molecule has 5 nitrogen and oxygen atoms in total. The maximum atomic E-state index is 12.4. The first-order valence-electron chi connectivity index (χ1n) is 7.55. The predicted molar refractivity (Wildman–Crippen MR) is 89.0 cm³/mol. The Kier molecular flexibility index (Phi) is 6.17. The van der Waals surface area contributed by atoms with Crippen LogP contribution in [0.2, 0.25) is 0 Å². The molecule has 0 bridgehead atoms. The van der Waals surface area contributed by atoms with Crippen LogP contribution >= 0.6 is 11.8 Å². The van der Waals surface area contributed by atoms with Gasteiger partial charge < -0.3 is 13.9 Å². The number of hydrogen-bond acceptors (Lipinski definition) is 6. The van der Waals surface area contributed by atoms with E-state index in [9.17, 15) is 17.6 Å². The van der Waals surface area contributed by atoms with Gasteiger partial charge in [-0.3, -0.25) is 0 Å². The van der Waals surface area contributed by atoms with Gasteiger partial charge in [0.2, 0.25) is 5.89 Å². The molecule has 0 aliphatic heterocycles. The highest BCUT2D eigenvalue weighted by Gasteiger charge is 2.13. The standard InChI is InChI=1S/C17H12F4N2O3S/c18-15(19)24-12-7-5-10(6-8-12)14-22-23-17(26-14)27-9-11-3-1-2-4-13(11)25-16(20)21/h1-8,15-16H,9H2. The Balaban J connectivity index is 1.65. The number of aromatic nitrogens is 2. The third-order valence-corrected chi connectivity index (χ3v) is 4.14. The van der Waals surface area contributed by atoms with Gasteiger partial charge in [0.1, 0.15) is 11.5 Å². The maximum Gasteiger partial charge on any atom is 0.387 e. The van der Waals surface area contributed by atoms with Crippen molar-refractivity contribution in [3.8, 4) is 23.0 Å². The van der Waals surface area contributed by atoms with E-state index in [0.717, 1.165) is 11.8 Å². The first-order chi connectivity index (χ1) is 13.0. The number of nitrogens with zero attached hydrogens (tertiary/aromatic N) is 2. The van der Waals surface area contributed by atoms with Gasteiger partial charge in [-0.05, 0) is 30.3 Å². The summed E-state index contributed by atoms with van der Waals surface area (Å²) in [6.45, 7) is -5.82. The highest BCUT2D eigenvalue weighted by Crippen LogP contribution is 2.30. The fourth-order valence-corrected chi connectivity index (χ4v) is 2.89. The molecule has 1 aromatic heterocycles. The zero-order valence-electron chi connectivity index (χ0n) is 13.5. The molecule has 0 saturated heterocycles. The third kappa shape index (κ3) is 5.36. The summed E-state index contributed by atoms with van der Waals surface area (Å²) >= 11 is 1.15. The van der Waals surface area contributed by atoms with Crippen molar-refractivity contribution in [1.82, 2.24) is 10.2 Å². The zero-order valence-corrected chi connectivity index (χ0v) is 14.3. The van der Waals surface area contributed by atoms with Gasteiger partial charge in [0.15, 0.2) is 0 Å². The summed E-state index contributed by atoms with van der Waals surface area (Å²) in [6, 6.07) is 12.1. The van der Waals surface area contributed by atoms with Crippen LogP contribution in [0.15, 0.2) is 58.2 Å². The van der Waals surface area contributed by atoms with E-state index in [2.05, 4.69) is 19.7 Å². The van der Waals surface area contributed by atoms with Crippen LogP contribution in [-0.4, -0.2) is 23.4 Å². The molecule has 1 heterocycles. The molecular formula is C17H12F4N2O3S. The number of ether oxygens (including phenoxy) is 2. The average Bonchev–Trinajstić information content (AvgIpc) is 3.10. The minimum Gasteiger partial charge on any atom is -0.435 e. The maximum absolute atomic E-state index is 12.4. The van der Waals surface area contributed by atoms with Crippen LogP contribution in [-0.2, 0) is 5.75 Å². The number of halogens is 4. The molecule has 27 heavy (non-hydrogen) atoms. The minimum absolute atomic E-state index is 0.0125. The van der Waals surface area contributed by atoms with E-state index in [1.807, 2.05) is 0 Å². The molecule has 0 unspecified atom stereocenters. The Labute approximate surface area is 155 Å². The van der Waals surface area contributed by atoms with Crippen molar-refractivity contribution in [3.05, 3.63) is 54.1 Å². The van der Waals surface area contributed by atoms with Crippen LogP contribution in [0.1, 0.15) is 5.56 Å². The van der Waals surface area contributed by atoms with E-state index >= 15 is 0 Å². The lowest BCUT2D eigenvalue weighted by molar-refractivity contribution is -0.0508. The molecule has 3 aromatic rings. The van der Waals surface area contributed by atoms with E-state index in [0.29, 0.717) is 11.1 Å². The number of benzene rings is 2. The zero-order chi connectivity index (χ0) is 19.2. The van der Waals surface area contributed by atoms with Crippen LogP contribution in [0, 0.1) is 0 Å². The van der Waals surface area contributed by atoms with E-state index in [1.54, 1.807) is 18.2 Å². The molecule has 0 saturated carbocycles. The molecule has 3 rings (SSSR count). The van der Waals surface area contributed by atoms with Gasteiger partial charge in [-0.15, -0.1) is 10.2 Å².